The summed E-state index contributed by atoms with van der Waals surface area (Å²) >= 11 is 6.11. The summed E-state index contributed by atoms with van der Waals surface area (Å²) in [6.45, 7) is 2.82. The maximum absolute atomic E-state index is 6.11. The molecule has 2 N–H and O–H groups in total. The number of hydrogen-bond acceptors (Lipinski definition) is 4. The third-order valence-electron chi connectivity index (χ3n) is 2.33. The summed E-state index contributed by atoms with van der Waals surface area (Å²) < 4.78 is 1.73. The minimum atomic E-state index is -0.118. The molecule has 0 aliphatic carbocycles. The van der Waals surface area contributed by atoms with Crippen LogP contribution in [0.5, 0.6) is 0 Å². The molecule has 0 saturated heterocycles. The zero-order valence-corrected chi connectivity index (χ0v) is 9.86. The largest absolute Gasteiger partial charge is 0.303 e. The first-order valence-electron chi connectivity index (χ1n) is 5.00. The Bertz CT molecular complexity index is 429. The van der Waals surface area contributed by atoms with Gasteiger partial charge in [-0.05, 0) is 6.54 Å². The molecule has 86 valence electrons. The highest BCUT2D eigenvalue weighted by Gasteiger charge is 2.22. The number of halogens is 1. The Morgan fingerprint density at radius 2 is 2.44 bits per heavy atom. The van der Waals surface area contributed by atoms with Gasteiger partial charge in [0.2, 0.25) is 0 Å². The molecular weight excluding hydrogens is 228 g/mol. The smallest absolute Gasteiger partial charge is 0.147 e. The summed E-state index contributed by atoms with van der Waals surface area (Å²) in [4.78, 5) is 4.14. The van der Waals surface area contributed by atoms with Gasteiger partial charge >= 0.3 is 0 Å². The Hall–Kier alpha value is -1.40. The van der Waals surface area contributed by atoms with E-state index in [1.807, 2.05) is 14.0 Å². The summed E-state index contributed by atoms with van der Waals surface area (Å²) in [5, 5.41) is 14.7. The van der Waals surface area contributed by atoms with E-state index < -0.39 is 0 Å². The standard InChI is InChI=1S/C9H13ClN6/c1-3-11-7(9-12-5-13-15-9)8-6(10)4-14-16(8)2/h4-5,7,11H,3H2,1-2H3,(H,12,13,15). The van der Waals surface area contributed by atoms with Crippen LogP contribution in [0.1, 0.15) is 24.5 Å². The molecule has 1 unspecified atom stereocenters. The summed E-state index contributed by atoms with van der Waals surface area (Å²) in [5.74, 6) is 0.729. The zero-order valence-electron chi connectivity index (χ0n) is 9.11. The lowest BCUT2D eigenvalue weighted by molar-refractivity contribution is 0.550. The van der Waals surface area contributed by atoms with Crippen molar-refractivity contribution < 1.29 is 0 Å². The molecule has 2 heterocycles. The van der Waals surface area contributed by atoms with Crippen molar-refractivity contribution in [3.8, 4) is 0 Å². The lowest BCUT2D eigenvalue weighted by Crippen LogP contribution is -2.25. The lowest BCUT2D eigenvalue weighted by Gasteiger charge is -2.15. The van der Waals surface area contributed by atoms with Crippen LogP contribution in [0, 0.1) is 0 Å². The Morgan fingerprint density at radius 3 is 2.94 bits per heavy atom. The summed E-state index contributed by atoms with van der Waals surface area (Å²) in [7, 11) is 1.85. The quantitative estimate of drug-likeness (QED) is 0.833. The van der Waals surface area contributed by atoms with E-state index >= 15 is 0 Å². The molecule has 2 rings (SSSR count). The molecule has 2 aromatic heterocycles. The van der Waals surface area contributed by atoms with Gasteiger partial charge in [0.1, 0.15) is 18.2 Å². The molecule has 0 aliphatic rings. The first kappa shape index (κ1) is 11.1. The second-order valence-electron chi connectivity index (χ2n) is 3.36. The van der Waals surface area contributed by atoms with Crippen molar-refractivity contribution in [3.63, 3.8) is 0 Å². The Kier molecular flexibility index (Phi) is 3.21. The lowest BCUT2D eigenvalue weighted by atomic mass is 10.2. The van der Waals surface area contributed by atoms with Crippen LogP contribution >= 0.6 is 11.6 Å². The van der Waals surface area contributed by atoms with Gasteiger partial charge in [-0.2, -0.15) is 10.2 Å². The van der Waals surface area contributed by atoms with Crippen molar-refractivity contribution in [2.24, 2.45) is 7.05 Å². The highest BCUT2D eigenvalue weighted by molar-refractivity contribution is 6.31. The summed E-state index contributed by atoms with van der Waals surface area (Å²) in [6.07, 6.45) is 3.10. The number of nitrogens with zero attached hydrogens (tertiary/aromatic N) is 4. The zero-order chi connectivity index (χ0) is 11.5. The topological polar surface area (TPSA) is 71.4 Å². The number of aromatic amines is 1. The molecule has 16 heavy (non-hydrogen) atoms. The van der Waals surface area contributed by atoms with E-state index in [9.17, 15) is 0 Å². The van der Waals surface area contributed by atoms with Gasteiger partial charge in [-0.25, -0.2) is 4.98 Å². The van der Waals surface area contributed by atoms with E-state index in [0.717, 1.165) is 18.1 Å². The van der Waals surface area contributed by atoms with Crippen LogP contribution in [0.3, 0.4) is 0 Å². The molecule has 0 saturated carbocycles. The van der Waals surface area contributed by atoms with Crippen molar-refractivity contribution in [2.45, 2.75) is 13.0 Å². The molecule has 0 radical (unpaired) electrons. The normalized spacial score (nSPS) is 12.9. The Labute approximate surface area is 98.0 Å². The molecule has 0 aliphatic heterocycles. The van der Waals surface area contributed by atoms with E-state index in [1.165, 1.54) is 6.33 Å². The van der Waals surface area contributed by atoms with Crippen LogP contribution in [0.25, 0.3) is 0 Å². The van der Waals surface area contributed by atoms with Crippen molar-refractivity contribution in [3.05, 3.63) is 29.1 Å². The van der Waals surface area contributed by atoms with Gasteiger partial charge in [-0.3, -0.25) is 9.78 Å². The van der Waals surface area contributed by atoms with Gasteiger partial charge in [0, 0.05) is 7.05 Å². The van der Waals surface area contributed by atoms with Gasteiger partial charge in [0.15, 0.2) is 0 Å². The number of rotatable bonds is 4. The van der Waals surface area contributed by atoms with E-state index in [2.05, 4.69) is 25.6 Å². The van der Waals surface area contributed by atoms with Crippen LogP contribution in [0.4, 0.5) is 0 Å². The highest BCUT2D eigenvalue weighted by Crippen LogP contribution is 2.25. The molecule has 0 spiro atoms. The summed E-state index contributed by atoms with van der Waals surface area (Å²) in [6, 6.07) is -0.118. The fourth-order valence-corrected chi connectivity index (χ4v) is 1.90. The number of hydrogen-bond donors (Lipinski definition) is 2. The average molecular weight is 241 g/mol. The number of aromatic nitrogens is 5. The van der Waals surface area contributed by atoms with Crippen molar-refractivity contribution in [1.29, 1.82) is 0 Å². The Morgan fingerprint density at radius 1 is 1.62 bits per heavy atom. The van der Waals surface area contributed by atoms with E-state index in [4.69, 9.17) is 11.6 Å². The minimum absolute atomic E-state index is 0.118. The predicted molar refractivity (Wildman–Crippen MR) is 60.1 cm³/mol. The number of aryl methyl sites for hydroxylation is 1. The fourth-order valence-electron chi connectivity index (χ4n) is 1.63. The van der Waals surface area contributed by atoms with Gasteiger partial charge in [0.25, 0.3) is 0 Å². The van der Waals surface area contributed by atoms with Crippen LogP contribution in [-0.4, -0.2) is 31.5 Å². The predicted octanol–water partition coefficient (Wildman–Crippen LogP) is 0.890. The van der Waals surface area contributed by atoms with Crippen molar-refractivity contribution in [1.82, 2.24) is 30.3 Å². The van der Waals surface area contributed by atoms with Crippen LogP contribution < -0.4 is 5.32 Å². The maximum atomic E-state index is 6.11. The third-order valence-corrected chi connectivity index (χ3v) is 2.62. The van der Waals surface area contributed by atoms with Crippen molar-refractivity contribution in [2.75, 3.05) is 6.54 Å². The fraction of sp³-hybridized carbons (Fsp3) is 0.444. The van der Waals surface area contributed by atoms with Gasteiger partial charge in [-0.15, -0.1) is 0 Å². The van der Waals surface area contributed by atoms with Crippen LogP contribution in [0.2, 0.25) is 5.02 Å². The molecule has 1 atom stereocenters. The van der Waals surface area contributed by atoms with Gasteiger partial charge in [-0.1, -0.05) is 18.5 Å². The molecule has 7 heteroatoms. The van der Waals surface area contributed by atoms with E-state index in [-0.39, 0.29) is 6.04 Å². The third kappa shape index (κ3) is 1.94. The van der Waals surface area contributed by atoms with Gasteiger partial charge < -0.3 is 5.32 Å². The second-order valence-corrected chi connectivity index (χ2v) is 3.77. The SMILES string of the molecule is CCNC(c1ncn[nH]1)c1c(Cl)cnn1C. The molecule has 0 fully saturated rings. The molecule has 2 aromatic rings. The Balaban J connectivity index is 2.40. The molecule has 0 aromatic carbocycles. The molecule has 0 bridgehead atoms. The molecular formula is C9H13ClN6. The summed E-state index contributed by atoms with van der Waals surface area (Å²) in [5.41, 5.74) is 0.875. The first-order chi connectivity index (χ1) is 7.74. The minimum Gasteiger partial charge on any atom is -0.303 e. The molecule has 0 amide bonds. The highest BCUT2D eigenvalue weighted by atomic mass is 35.5. The maximum Gasteiger partial charge on any atom is 0.147 e. The van der Waals surface area contributed by atoms with Crippen LogP contribution in [0.15, 0.2) is 12.5 Å². The van der Waals surface area contributed by atoms with Crippen LogP contribution in [-0.2, 0) is 7.05 Å². The number of H-pyrrole nitrogens is 1. The monoisotopic (exact) mass is 240 g/mol. The van der Waals surface area contributed by atoms with E-state index in [0.29, 0.717) is 5.02 Å². The number of nitrogens with one attached hydrogen (secondary N) is 2. The first-order valence-corrected chi connectivity index (χ1v) is 5.37. The second kappa shape index (κ2) is 4.63. The van der Waals surface area contributed by atoms with E-state index in [1.54, 1.807) is 10.9 Å². The average Bonchev–Trinajstić information content (AvgIpc) is 2.87. The van der Waals surface area contributed by atoms with Gasteiger partial charge in [0.05, 0.1) is 16.9 Å². The van der Waals surface area contributed by atoms with Crippen molar-refractivity contribution >= 4 is 11.6 Å². The molecule has 6 nitrogen and oxygen atoms in total.